The van der Waals surface area contributed by atoms with Crippen molar-refractivity contribution in [3.8, 4) is 5.75 Å². The predicted molar refractivity (Wildman–Crippen MR) is 141 cm³/mol. The van der Waals surface area contributed by atoms with Crippen LogP contribution < -0.4 is 4.74 Å². The second-order valence-corrected chi connectivity index (χ2v) is 13.4. The van der Waals surface area contributed by atoms with E-state index in [1.165, 1.54) is 76.2 Å². The van der Waals surface area contributed by atoms with Crippen molar-refractivity contribution in [3.05, 3.63) is 29.8 Å². The molecule has 2 heteroatoms. The number of hydrogen-bond donors (Lipinski definition) is 0. The fourth-order valence-corrected chi connectivity index (χ4v) is 6.12. The van der Waals surface area contributed by atoms with Gasteiger partial charge in [-0.1, -0.05) is 99.1 Å². The van der Waals surface area contributed by atoms with Crippen LogP contribution in [0.15, 0.2) is 24.3 Å². The minimum Gasteiger partial charge on any atom is -0.464 e. The molecule has 2 atom stereocenters. The number of hydrogen-bond acceptors (Lipinski definition) is 2. The monoisotopic (exact) mass is 456 g/mol. The van der Waals surface area contributed by atoms with E-state index in [1.807, 2.05) is 0 Å². The van der Waals surface area contributed by atoms with Crippen molar-refractivity contribution < 1.29 is 9.47 Å². The van der Waals surface area contributed by atoms with Gasteiger partial charge in [-0.2, -0.15) is 0 Å². The van der Waals surface area contributed by atoms with Crippen LogP contribution in [0.5, 0.6) is 5.75 Å². The van der Waals surface area contributed by atoms with Gasteiger partial charge in [0.2, 0.25) is 6.29 Å². The summed E-state index contributed by atoms with van der Waals surface area (Å²) >= 11 is 0. The van der Waals surface area contributed by atoms with Crippen molar-refractivity contribution in [3.63, 3.8) is 0 Å². The Balaban J connectivity index is 1.80. The molecule has 2 unspecified atom stereocenters. The summed E-state index contributed by atoms with van der Waals surface area (Å²) in [6.45, 7) is 16.5. The molecule has 0 N–H and O–H groups in total. The molecule has 2 aliphatic carbocycles. The molecule has 0 saturated heterocycles. The molecule has 0 spiro atoms. The first-order valence-electron chi connectivity index (χ1n) is 13.9. The van der Waals surface area contributed by atoms with E-state index in [0.717, 1.165) is 12.2 Å². The predicted octanol–water partition coefficient (Wildman–Crippen LogP) is 9.67. The van der Waals surface area contributed by atoms with Gasteiger partial charge in [-0.3, -0.25) is 0 Å². The third-order valence-corrected chi connectivity index (χ3v) is 8.31. The summed E-state index contributed by atoms with van der Waals surface area (Å²) < 4.78 is 13.6. The summed E-state index contributed by atoms with van der Waals surface area (Å²) in [7, 11) is 0. The first-order valence-corrected chi connectivity index (χ1v) is 13.9. The first-order chi connectivity index (χ1) is 15.5. The van der Waals surface area contributed by atoms with E-state index in [4.69, 9.17) is 9.47 Å². The van der Waals surface area contributed by atoms with Gasteiger partial charge in [0.15, 0.2) is 0 Å². The van der Waals surface area contributed by atoms with Crippen LogP contribution in [0.4, 0.5) is 0 Å². The third-order valence-electron chi connectivity index (χ3n) is 8.31. The average molecular weight is 457 g/mol. The van der Waals surface area contributed by atoms with Gasteiger partial charge in [0.25, 0.3) is 0 Å². The molecule has 2 saturated carbocycles. The highest BCUT2D eigenvalue weighted by molar-refractivity contribution is 5.31. The second-order valence-electron chi connectivity index (χ2n) is 13.4. The molecule has 0 radical (unpaired) electrons. The maximum Gasteiger partial charge on any atom is 0.205 e. The topological polar surface area (TPSA) is 18.5 Å². The Labute approximate surface area is 205 Å². The lowest BCUT2D eigenvalue weighted by Crippen LogP contribution is -2.44. The van der Waals surface area contributed by atoms with Crippen LogP contribution >= 0.6 is 0 Å². The quantitative estimate of drug-likeness (QED) is 0.362. The first kappa shape index (κ1) is 26.6. The Hall–Kier alpha value is -1.02. The molecular formula is C31H52O2. The third kappa shape index (κ3) is 7.48. The standard InChI is InChI=1S/C31H52O2/c1-8-31(21-13-10-14-22-31)28(32-25-15-11-9-12-16-25)33-26-19-17-24(18-20-26)27(30(5,6)7)23-29(2,3)4/h17-20,25,27-28H,8-16,21-23H2,1-7H3. The van der Waals surface area contributed by atoms with Crippen LogP contribution in [-0.4, -0.2) is 12.4 Å². The van der Waals surface area contributed by atoms with E-state index in [2.05, 4.69) is 72.7 Å². The maximum atomic E-state index is 6.80. The van der Waals surface area contributed by atoms with E-state index in [-0.39, 0.29) is 17.1 Å². The SMILES string of the molecule is CCC1(C(Oc2ccc(C(CC(C)(C)C)C(C)(C)C)cc2)OC2CCCCC2)CCCCC1. The fraction of sp³-hybridized carbons (Fsp3) is 0.806. The van der Waals surface area contributed by atoms with Crippen LogP contribution in [0, 0.1) is 16.2 Å². The molecule has 188 valence electrons. The van der Waals surface area contributed by atoms with Gasteiger partial charge in [0.1, 0.15) is 5.75 Å². The molecular weight excluding hydrogens is 404 g/mol. The summed E-state index contributed by atoms with van der Waals surface area (Å²) in [6, 6.07) is 9.04. The average Bonchev–Trinajstić information content (AvgIpc) is 2.77. The second kappa shape index (κ2) is 11.1. The van der Waals surface area contributed by atoms with Crippen LogP contribution in [-0.2, 0) is 4.74 Å². The Kier molecular flexibility index (Phi) is 8.98. The highest BCUT2D eigenvalue weighted by atomic mass is 16.7. The minimum absolute atomic E-state index is 0.121. The number of ether oxygens (including phenoxy) is 2. The zero-order valence-electron chi connectivity index (χ0n) is 22.8. The van der Waals surface area contributed by atoms with E-state index in [0.29, 0.717) is 17.4 Å². The smallest absolute Gasteiger partial charge is 0.205 e. The zero-order valence-corrected chi connectivity index (χ0v) is 22.8. The molecule has 0 aliphatic heterocycles. The highest BCUT2D eigenvalue weighted by Crippen LogP contribution is 2.46. The number of rotatable bonds is 8. The summed E-state index contributed by atoms with van der Waals surface area (Å²) in [5.74, 6) is 1.50. The molecule has 1 aromatic carbocycles. The Morgan fingerprint density at radius 1 is 0.848 bits per heavy atom. The normalized spacial score (nSPS) is 22.0. The minimum atomic E-state index is -0.121. The lowest BCUT2D eigenvalue weighted by atomic mass is 9.69. The highest BCUT2D eigenvalue weighted by Gasteiger charge is 2.42. The zero-order chi connectivity index (χ0) is 24.1. The van der Waals surface area contributed by atoms with Crippen molar-refractivity contribution >= 4 is 0 Å². The van der Waals surface area contributed by atoms with Gasteiger partial charge in [0, 0.05) is 5.41 Å². The molecule has 0 amide bonds. The number of benzene rings is 1. The van der Waals surface area contributed by atoms with Gasteiger partial charge < -0.3 is 9.47 Å². The van der Waals surface area contributed by atoms with Crippen LogP contribution in [0.25, 0.3) is 0 Å². The Morgan fingerprint density at radius 3 is 1.94 bits per heavy atom. The summed E-state index contributed by atoms with van der Waals surface area (Å²) in [4.78, 5) is 0. The molecule has 1 aromatic rings. The van der Waals surface area contributed by atoms with Gasteiger partial charge in [0.05, 0.1) is 6.10 Å². The van der Waals surface area contributed by atoms with E-state index in [1.54, 1.807) is 0 Å². The van der Waals surface area contributed by atoms with Gasteiger partial charge >= 0.3 is 0 Å². The van der Waals surface area contributed by atoms with Gasteiger partial charge in [-0.05, 0) is 73.0 Å². The molecule has 2 aliphatic rings. The molecule has 33 heavy (non-hydrogen) atoms. The fourth-order valence-electron chi connectivity index (χ4n) is 6.12. The Bertz CT molecular complexity index is 694. The lowest BCUT2D eigenvalue weighted by Gasteiger charge is -2.44. The van der Waals surface area contributed by atoms with E-state index >= 15 is 0 Å². The lowest BCUT2D eigenvalue weighted by molar-refractivity contribution is -0.201. The van der Waals surface area contributed by atoms with Crippen LogP contribution in [0.3, 0.4) is 0 Å². The molecule has 0 heterocycles. The van der Waals surface area contributed by atoms with Crippen molar-refractivity contribution in [2.24, 2.45) is 16.2 Å². The molecule has 2 nitrogen and oxygen atoms in total. The van der Waals surface area contributed by atoms with Crippen molar-refractivity contribution in [2.75, 3.05) is 0 Å². The van der Waals surface area contributed by atoms with Crippen molar-refractivity contribution in [1.82, 2.24) is 0 Å². The van der Waals surface area contributed by atoms with Gasteiger partial charge in [-0.15, -0.1) is 0 Å². The summed E-state index contributed by atoms with van der Waals surface area (Å²) in [6.07, 6.45) is 15.3. The molecule has 0 aromatic heterocycles. The van der Waals surface area contributed by atoms with Crippen LogP contribution in [0.1, 0.15) is 137 Å². The maximum absolute atomic E-state index is 6.80. The van der Waals surface area contributed by atoms with E-state index < -0.39 is 0 Å². The van der Waals surface area contributed by atoms with Crippen molar-refractivity contribution in [1.29, 1.82) is 0 Å². The largest absolute Gasteiger partial charge is 0.464 e. The molecule has 3 rings (SSSR count). The molecule has 2 fully saturated rings. The summed E-state index contributed by atoms with van der Waals surface area (Å²) in [5.41, 5.74) is 2.13. The van der Waals surface area contributed by atoms with Gasteiger partial charge in [-0.25, -0.2) is 0 Å². The van der Waals surface area contributed by atoms with Crippen LogP contribution in [0.2, 0.25) is 0 Å². The summed E-state index contributed by atoms with van der Waals surface area (Å²) in [5, 5.41) is 0. The Morgan fingerprint density at radius 2 is 1.42 bits per heavy atom. The van der Waals surface area contributed by atoms with Crippen molar-refractivity contribution in [2.45, 2.75) is 144 Å². The molecule has 0 bridgehead atoms. The van der Waals surface area contributed by atoms with E-state index in [9.17, 15) is 0 Å².